The Labute approximate surface area is 167 Å². The molecule has 0 radical (unpaired) electrons. The Morgan fingerprint density at radius 2 is 1.77 bits per heavy atom. The van der Waals surface area contributed by atoms with Crippen molar-refractivity contribution < 1.29 is 4.42 Å². The molecule has 0 saturated carbocycles. The summed E-state index contributed by atoms with van der Waals surface area (Å²) in [6.45, 7) is 4.97. The average molecular weight is 390 g/mol. The van der Waals surface area contributed by atoms with E-state index in [9.17, 15) is 0 Å². The van der Waals surface area contributed by atoms with E-state index in [0.717, 1.165) is 47.1 Å². The van der Waals surface area contributed by atoms with E-state index in [2.05, 4.69) is 42.6 Å². The minimum atomic E-state index is 0. The summed E-state index contributed by atoms with van der Waals surface area (Å²) in [5.74, 6) is 1.81. The second kappa shape index (κ2) is 9.82. The third-order valence-corrected chi connectivity index (χ3v) is 4.94. The third kappa shape index (κ3) is 5.38. The van der Waals surface area contributed by atoms with Gasteiger partial charge < -0.3 is 9.73 Å². The fraction of sp³-hybridized carbons (Fsp3) is 0.273. The van der Waals surface area contributed by atoms with Crippen LogP contribution in [0.15, 0.2) is 65.1 Å². The molecule has 0 saturated heterocycles. The predicted molar refractivity (Wildman–Crippen MR) is 112 cm³/mol. The van der Waals surface area contributed by atoms with Crippen molar-refractivity contribution in [3.63, 3.8) is 0 Å². The van der Waals surface area contributed by atoms with Gasteiger partial charge in [0, 0.05) is 16.6 Å². The maximum atomic E-state index is 6.20. The summed E-state index contributed by atoms with van der Waals surface area (Å²) in [5, 5.41) is 4.31. The molecule has 2 aromatic carbocycles. The average Bonchev–Trinajstić information content (AvgIpc) is 3.10. The highest BCUT2D eigenvalue weighted by molar-refractivity contribution is 6.31. The summed E-state index contributed by atoms with van der Waals surface area (Å²) in [5.41, 5.74) is 3.48. The molecule has 4 heteroatoms. The van der Waals surface area contributed by atoms with Crippen molar-refractivity contribution in [1.82, 2.24) is 5.32 Å². The number of nitrogens with one attached hydrogen (secondary N) is 1. The number of halogens is 2. The first-order chi connectivity index (χ1) is 12.1. The SMILES string of the molecule is Cc1c(Cl)cccc1-c1ccc(CNC(C)CCc2ccccc2)o1.Cl. The van der Waals surface area contributed by atoms with Gasteiger partial charge in [-0.15, -0.1) is 12.4 Å². The Bertz CT molecular complexity index is 814. The van der Waals surface area contributed by atoms with Gasteiger partial charge >= 0.3 is 0 Å². The van der Waals surface area contributed by atoms with E-state index in [4.69, 9.17) is 16.0 Å². The topological polar surface area (TPSA) is 25.2 Å². The summed E-state index contributed by atoms with van der Waals surface area (Å²) in [6.07, 6.45) is 2.19. The lowest BCUT2D eigenvalue weighted by atomic mass is 10.1. The highest BCUT2D eigenvalue weighted by atomic mass is 35.5. The molecular formula is C22H25Cl2NO. The summed E-state index contributed by atoms with van der Waals surface area (Å²) in [4.78, 5) is 0. The van der Waals surface area contributed by atoms with Crippen molar-refractivity contribution in [2.45, 2.75) is 39.3 Å². The molecule has 26 heavy (non-hydrogen) atoms. The number of hydrogen-bond acceptors (Lipinski definition) is 2. The molecule has 0 bridgehead atoms. The molecule has 0 spiro atoms. The van der Waals surface area contributed by atoms with Gasteiger partial charge in [0.1, 0.15) is 11.5 Å². The molecule has 3 aromatic rings. The van der Waals surface area contributed by atoms with Gasteiger partial charge in [-0.1, -0.05) is 54.1 Å². The molecule has 1 unspecified atom stereocenters. The van der Waals surface area contributed by atoms with Gasteiger partial charge in [0.15, 0.2) is 0 Å². The maximum Gasteiger partial charge on any atom is 0.134 e. The standard InChI is InChI=1S/C22H24ClNO.ClH/c1-16(11-12-18-7-4-3-5-8-18)24-15-19-13-14-22(25-19)20-9-6-10-21(23)17(20)2;/h3-10,13-14,16,24H,11-12,15H2,1-2H3;1H. The van der Waals surface area contributed by atoms with E-state index >= 15 is 0 Å². The monoisotopic (exact) mass is 389 g/mol. The van der Waals surface area contributed by atoms with Gasteiger partial charge in [0.25, 0.3) is 0 Å². The fourth-order valence-corrected chi connectivity index (χ4v) is 3.07. The van der Waals surface area contributed by atoms with Gasteiger partial charge in [0.2, 0.25) is 0 Å². The van der Waals surface area contributed by atoms with Crippen LogP contribution in [-0.2, 0) is 13.0 Å². The van der Waals surface area contributed by atoms with Crippen LogP contribution in [-0.4, -0.2) is 6.04 Å². The highest BCUT2D eigenvalue weighted by Gasteiger charge is 2.10. The van der Waals surface area contributed by atoms with Crippen LogP contribution in [0.1, 0.15) is 30.2 Å². The van der Waals surface area contributed by atoms with Crippen LogP contribution >= 0.6 is 24.0 Å². The second-order valence-electron chi connectivity index (χ2n) is 6.48. The van der Waals surface area contributed by atoms with E-state index in [-0.39, 0.29) is 12.4 Å². The number of furan rings is 1. The minimum absolute atomic E-state index is 0. The fourth-order valence-electron chi connectivity index (χ4n) is 2.90. The van der Waals surface area contributed by atoms with Crippen molar-refractivity contribution in [1.29, 1.82) is 0 Å². The molecule has 3 rings (SSSR count). The van der Waals surface area contributed by atoms with Crippen LogP contribution in [0, 0.1) is 6.92 Å². The van der Waals surface area contributed by atoms with Crippen LogP contribution < -0.4 is 5.32 Å². The van der Waals surface area contributed by atoms with E-state index < -0.39 is 0 Å². The Balaban J connectivity index is 0.00000243. The summed E-state index contributed by atoms with van der Waals surface area (Å²) in [6, 6.07) is 21.0. The van der Waals surface area contributed by atoms with Crippen LogP contribution in [0.5, 0.6) is 0 Å². The van der Waals surface area contributed by atoms with Crippen molar-refractivity contribution in [2.75, 3.05) is 0 Å². The number of rotatable bonds is 7. The molecular weight excluding hydrogens is 365 g/mol. The number of benzene rings is 2. The molecule has 0 amide bonds. The van der Waals surface area contributed by atoms with Gasteiger partial charge in [0.05, 0.1) is 6.54 Å². The van der Waals surface area contributed by atoms with Crippen molar-refractivity contribution in [2.24, 2.45) is 0 Å². The second-order valence-corrected chi connectivity index (χ2v) is 6.89. The Hall–Kier alpha value is -1.74. The molecule has 1 heterocycles. The quantitative estimate of drug-likeness (QED) is 0.502. The van der Waals surface area contributed by atoms with Gasteiger partial charge in [-0.25, -0.2) is 0 Å². The maximum absolute atomic E-state index is 6.20. The van der Waals surface area contributed by atoms with Crippen molar-refractivity contribution in [3.05, 3.63) is 82.6 Å². The molecule has 1 atom stereocenters. The molecule has 138 valence electrons. The Morgan fingerprint density at radius 1 is 1.00 bits per heavy atom. The van der Waals surface area contributed by atoms with E-state index in [1.165, 1.54) is 5.56 Å². The molecule has 1 N–H and O–H groups in total. The summed E-state index contributed by atoms with van der Waals surface area (Å²) >= 11 is 6.20. The van der Waals surface area contributed by atoms with Crippen LogP contribution in [0.4, 0.5) is 0 Å². The number of hydrogen-bond donors (Lipinski definition) is 1. The normalized spacial score (nSPS) is 11.8. The zero-order valence-electron chi connectivity index (χ0n) is 15.2. The summed E-state index contributed by atoms with van der Waals surface area (Å²) in [7, 11) is 0. The lowest BCUT2D eigenvalue weighted by Gasteiger charge is -2.12. The van der Waals surface area contributed by atoms with Gasteiger partial charge in [-0.2, -0.15) is 0 Å². The van der Waals surface area contributed by atoms with Crippen molar-refractivity contribution >= 4 is 24.0 Å². The van der Waals surface area contributed by atoms with E-state index in [0.29, 0.717) is 6.04 Å². The Morgan fingerprint density at radius 3 is 2.54 bits per heavy atom. The first-order valence-corrected chi connectivity index (χ1v) is 9.13. The van der Waals surface area contributed by atoms with Crippen LogP contribution in [0.3, 0.4) is 0 Å². The van der Waals surface area contributed by atoms with Crippen LogP contribution in [0.25, 0.3) is 11.3 Å². The van der Waals surface area contributed by atoms with Crippen LogP contribution in [0.2, 0.25) is 5.02 Å². The lowest BCUT2D eigenvalue weighted by molar-refractivity contribution is 0.449. The number of aryl methyl sites for hydroxylation is 1. The molecule has 0 fully saturated rings. The summed E-state index contributed by atoms with van der Waals surface area (Å²) < 4.78 is 6.00. The van der Waals surface area contributed by atoms with E-state index in [1.54, 1.807) is 0 Å². The van der Waals surface area contributed by atoms with Crippen molar-refractivity contribution in [3.8, 4) is 11.3 Å². The lowest BCUT2D eigenvalue weighted by Crippen LogP contribution is -2.25. The zero-order valence-corrected chi connectivity index (χ0v) is 16.7. The van der Waals surface area contributed by atoms with E-state index in [1.807, 2.05) is 37.3 Å². The first kappa shape index (κ1) is 20.6. The van der Waals surface area contributed by atoms with Gasteiger partial charge in [-0.3, -0.25) is 0 Å². The zero-order chi connectivity index (χ0) is 17.6. The highest BCUT2D eigenvalue weighted by Crippen LogP contribution is 2.29. The molecule has 0 aliphatic heterocycles. The predicted octanol–water partition coefficient (Wildman–Crippen LogP) is 6.44. The van der Waals surface area contributed by atoms with Gasteiger partial charge in [-0.05, 0) is 56.0 Å². The first-order valence-electron chi connectivity index (χ1n) is 8.75. The molecule has 0 aliphatic carbocycles. The Kier molecular flexibility index (Phi) is 7.77. The molecule has 0 aliphatic rings. The minimum Gasteiger partial charge on any atom is -0.460 e. The largest absolute Gasteiger partial charge is 0.460 e. The third-order valence-electron chi connectivity index (χ3n) is 4.53. The molecule has 2 nitrogen and oxygen atoms in total. The smallest absolute Gasteiger partial charge is 0.134 e. The molecule has 1 aromatic heterocycles.